The maximum absolute atomic E-state index is 5.74. The molecule has 116 valence electrons. The van der Waals surface area contributed by atoms with E-state index in [0.717, 1.165) is 16.7 Å². The van der Waals surface area contributed by atoms with Crippen molar-refractivity contribution in [2.45, 2.75) is 13.5 Å². The minimum atomic E-state index is 0.00904. The first kappa shape index (κ1) is 15.7. The van der Waals surface area contributed by atoms with Crippen molar-refractivity contribution in [3.8, 4) is 17.1 Å². The molecule has 0 N–H and O–H groups in total. The Balaban J connectivity index is 1.84. The van der Waals surface area contributed by atoms with E-state index >= 15 is 0 Å². The molecule has 0 atom stereocenters. The van der Waals surface area contributed by atoms with Crippen LogP contribution >= 0.6 is 23.2 Å². The van der Waals surface area contributed by atoms with Gasteiger partial charge in [-0.1, -0.05) is 48.5 Å². The topological polar surface area (TPSA) is 47.9 Å². The summed E-state index contributed by atoms with van der Waals surface area (Å²) in [6, 6.07) is 16.4. The third-order valence-corrected chi connectivity index (χ3v) is 3.79. The Kier molecular flexibility index (Phi) is 4.74. The Morgan fingerprint density at radius 2 is 1.57 bits per heavy atom. The summed E-state index contributed by atoms with van der Waals surface area (Å²) < 4.78 is 5.59. The minimum Gasteiger partial charge on any atom is -0.458 e. The van der Waals surface area contributed by atoms with Crippen LogP contribution < -0.4 is 4.74 Å². The number of nitrogens with zero attached hydrogens (tertiary/aromatic N) is 3. The lowest BCUT2D eigenvalue weighted by atomic mass is 9.97. The average molecular weight is 346 g/mol. The van der Waals surface area contributed by atoms with E-state index in [1.807, 2.05) is 30.3 Å². The molecule has 0 saturated heterocycles. The van der Waals surface area contributed by atoms with E-state index in [4.69, 9.17) is 27.9 Å². The SMILES string of the molecule is Cc1c(COc2nc(Cl)nc(Cl)n2)cccc1-c1ccccc1. The summed E-state index contributed by atoms with van der Waals surface area (Å²) in [4.78, 5) is 11.5. The first-order chi connectivity index (χ1) is 11.1. The molecule has 0 aliphatic carbocycles. The van der Waals surface area contributed by atoms with Gasteiger partial charge in [-0.3, -0.25) is 0 Å². The number of rotatable bonds is 4. The Labute approximate surface area is 144 Å². The molecule has 3 aromatic rings. The molecule has 0 bridgehead atoms. The maximum Gasteiger partial charge on any atom is 0.322 e. The lowest BCUT2D eigenvalue weighted by Crippen LogP contribution is -2.03. The van der Waals surface area contributed by atoms with Gasteiger partial charge in [-0.2, -0.15) is 15.0 Å². The van der Waals surface area contributed by atoms with Crippen LogP contribution in [-0.4, -0.2) is 15.0 Å². The van der Waals surface area contributed by atoms with Crippen LogP contribution in [0.5, 0.6) is 6.01 Å². The van der Waals surface area contributed by atoms with Crippen molar-refractivity contribution in [1.82, 2.24) is 15.0 Å². The van der Waals surface area contributed by atoms with Crippen molar-refractivity contribution in [2.75, 3.05) is 0 Å². The molecule has 3 rings (SSSR count). The van der Waals surface area contributed by atoms with Crippen molar-refractivity contribution in [1.29, 1.82) is 0 Å². The van der Waals surface area contributed by atoms with Crippen LogP contribution in [0.1, 0.15) is 11.1 Å². The summed E-state index contributed by atoms with van der Waals surface area (Å²) in [5, 5.41) is 0.0181. The van der Waals surface area contributed by atoms with Gasteiger partial charge in [-0.15, -0.1) is 0 Å². The molecule has 0 fully saturated rings. The van der Waals surface area contributed by atoms with Gasteiger partial charge in [0.05, 0.1) is 0 Å². The fourth-order valence-electron chi connectivity index (χ4n) is 2.29. The van der Waals surface area contributed by atoms with Crippen LogP contribution in [0, 0.1) is 6.92 Å². The predicted octanol–water partition coefficient (Wildman–Crippen LogP) is 4.73. The zero-order valence-corrected chi connectivity index (χ0v) is 13.8. The molecule has 0 radical (unpaired) electrons. The molecule has 0 spiro atoms. The van der Waals surface area contributed by atoms with Gasteiger partial charge in [0.1, 0.15) is 6.61 Å². The van der Waals surface area contributed by atoms with Crippen LogP contribution in [0.3, 0.4) is 0 Å². The van der Waals surface area contributed by atoms with Gasteiger partial charge in [0.2, 0.25) is 10.6 Å². The van der Waals surface area contributed by atoms with Crippen LogP contribution in [-0.2, 0) is 6.61 Å². The number of benzene rings is 2. The van der Waals surface area contributed by atoms with Gasteiger partial charge in [0, 0.05) is 0 Å². The predicted molar refractivity (Wildman–Crippen MR) is 90.8 cm³/mol. The Hall–Kier alpha value is -2.17. The van der Waals surface area contributed by atoms with E-state index in [-0.39, 0.29) is 16.6 Å². The first-order valence-electron chi connectivity index (χ1n) is 6.97. The smallest absolute Gasteiger partial charge is 0.322 e. The molecule has 0 aliphatic rings. The number of halogens is 2. The lowest BCUT2D eigenvalue weighted by molar-refractivity contribution is 0.279. The van der Waals surface area contributed by atoms with Crippen LogP contribution in [0.2, 0.25) is 10.6 Å². The molecule has 6 heteroatoms. The molecule has 1 heterocycles. The van der Waals surface area contributed by atoms with E-state index in [2.05, 4.69) is 40.1 Å². The fourth-order valence-corrected chi connectivity index (χ4v) is 2.63. The molecule has 4 nitrogen and oxygen atoms in total. The molecular formula is C17H13Cl2N3O. The van der Waals surface area contributed by atoms with E-state index in [9.17, 15) is 0 Å². The molecule has 23 heavy (non-hydrogen) atoms. The van der Waals surface area contributed by atoms with Gasteiger partial charge < -0.3 is 4.74 Å². The highest BCUT2D eigenvalue weighted by Crippen LogP contribution is 2.26. The monoisotopic (exact) mass is 345 g/mol. The van der Waals surface area contributed by atoms with Gasteiger partial charge in [-0.05, 0) is 52.4 Å². The molecule has 0 saturated carbocycles. The Bertz CT molecular complexity index is 805. The molecule has 2 aromatic carbocycles. The summed E-state index contributed by atoms with van der Waals surface area (Å²) in [7, 11) is 0. The summed E-state index contributed by atoms with van der Waals surface area (Å²) in [6.07, 6.45) is 0. The number of hydrogen-bond donors (Lipinski definition) is 0. The van der Waals surface area contributed by atoms with E-state index in [1.165, 1.54) is 5.56 Å². The van der Waals surface area contributed by atoms with Crippen molar-refractivity contribution < 1.29 is 4.74 Å². The summed E-state index contributed by atoms with van der Waals surface area (Å²) in [5.41, 5.74) is 4.51. The van der Waals surface area contributed by atoms with Gasteiger partial charge >= 0.3 is 6.01 Å². The highest BCUT2D eigenvalue weighted by Gasteiger charge is 2.09. The maximum atomic E-state index is 5.74. The van der Waals surface area contributed by atoms with Crippen molar-refractivity contribution >= 4 is 23.2 Å². The lowest BCUT2D eigenvalue weighted by Gasteiger charge is -2.12. The Morgan fingerprint density at radius 3 is 2.26 bits per heavy atom. The summed E-state index contributed by atoms with van der Waals surface area (Å²) in [6.45, 7) is 2.39. The molecule has 0 unspecified atom stereocenters. The van der Waals surface area contributed by atoms with Gasteiger partial charge in [0.15, 0.2) is 0 Å². The minimum absolute atomic E-state index is 0.00904. The van der Waals surface area contributed by atoms with Gasteiger partial charge in [0.25, 0.3) is 0 Å². The van der Waals surface area contributed by atoms with E-state index in [1.54, 1.807) is 0 Å². The molecule has 0 amide bonds. The van der Waals surface area contributed by atoms with Gasteiger partial charge in [-0.25, -0.2) is 0 Å². The van der Waals surface area contributed by atoms with Crippen LogP contribution in [0.15, 0.2) is 48.5 Å². The van der Waals surface area contributed by atoms with Crippen LogP contribution in [0.25, 0.3) is 11.1 Å². The molecule has 1 aromatic heterocycles. The highest BCUT2D eigenvalue weighted by atomic mass is 35.5. The number of hydrogen-bond acceptors (Lipinski definition) is 4. The zero-order valence-electron chi connectivity index (χ0n) is 12.3. The zero-order chi connectivity index (χ0) is 16.2. The fraction of sp³-hybridized carbons (Fsp3) is 0.118. The second-order valence-electron chi connectivity index (χ2n) is 4.90. The second kappa shape index (κ2) is 6.94. The summed E-state index contributed by atoms with van der Waals surface area (Å²) in [5.74, 6) is 0. The van der Waals surface area contributed by atoms with Crippen molar-refractivity contribution in [2.24, 2.45) is 0 Å². The number of ether oxygens (including phenoxy) is 1. The second-order valence-corrected chi connectivity index (χ2v) is 5.58. The standard InChI is InChI=1S/C17H13Cl2N3O/c1-11-13(10-23-17-21-15(18)20-16(19)22-17)8-5-9-14(11)12-6-3-2-4-7-12/h2-9H,10H2,1H3. The van der Waals surface area contributed by atoms with E-state index in [0.29, 0.717) is 6.61 Å². The third kappa shape index (κ3) is 3.78. The normalized spacial score (nSPS) is 10.6. The largest absolute Gasteiger partial charge is 0.458 e. The average Bonchev–Trinajstić information content (AvgIpc) is 2.54. The van der Waals surface area contributed by atoms with E-state index < -0.39 is 0 Å². The van der Waals surface area contributed by atoms with Crippen molar-refractivity contribution in [3.63, 3.8) is 0 Å². The molecule has 0 aliphatic heterocycles. The third-order valence-electron chi connectivity index (χ3n) is 3.45. The van der Waals surface area contributed by atoms with Crippen molar-refractivity contribution in [3.05, 3.63) is 70.2 Å². The highest BCUT2D eigenvalue weighted by molar-refractivity contribution is 6.31. The molecular weight excluding hydrogens is 333 g/mol. The summed E-state index contributed by atoms with van der Waals surface area (Å²) >= 11 is 11.5. The first-order valence-corrected chi connectivity index (χ1v) is 7.73. The Morgan fingerprint density at radius 1 is 0.870 bits per heavy atom. The van der Waals surface area contributed by atoms with Crippen LogP contribution in [0.4, 0.5) is 0 Å². The quantitative estimate of drug-likeness (QED) is 0.685. The number of aromatic nitrogens is 3.